The minimum Gasteiger partial charge on any atom is -0.340 e. The second-order valence-corrected chi connectivity index (χ2v) is 10.1. The van der Waals surface area contributed by atoms with E-state index in [1.54, 1.807) is 0 Å². The first kappa shape index (κ1) is 22.8. The summed E-state index contributed by atoms with van der Waals surface area (Å²) in [5, 5.41) is 1.94. The van der Waals surface area contributed by atoms with Gasteiger partial charge in [-0.05, 0) is 61.7 Å². The van der Waals surface area contributed by atoms with Crippen LogP contribution in [0.3, 0.4) is 0 Å². The van der Waals surface area contributed by atoms with E-state index in [4.69, 9.17) is 6.42 Å². The molecule has 0 aliphatic rings. The predicted molar refractivity (Wildman–Crippen MR) is 137 cm³/mol. The third-order valence-corrected chi connectivity index (χ3v) is 7.13. The number of aryl methyl sites for hydroxylation is 1. The molecular weight excluding hydrogens is 465 g/mol. The zero-order valence-electron chi connectivity index (χ0n) is 19.4. The second-order valence-electron chi connectivity index (χ2n) is 8.77. The van der Waals surface area contributed by atoms with Crippen LogP contribution in [0.5, 0.6) is 0 Å². The van der Waals surface area contributed by atoms with Gasteiger partial charge in [-0.3, -0.25) is 9.78 Å². The first-order chi connectivity index (χ1) is 16.6. The summed E-state index contributed by atoms with van der Waals surface area (Å²) in [5.74, 6) is 2.62. The highest BCUT2D eigenvalue weighted by atomic mass is 32.3. The highest BCUT2D eigenvalue weighted by Crippen LogP contribution is 2.34. The van der Waals surface area contributed by atoms with E-state index in [2.05, 4.69) is 15.9 Å². The van der Waals surface area contributed by atoms with Crippen LogP contribution in [0.4, 0.5) is 3.89 Å². The van der Waals surface area contributed by atoms with Crippen molar-refractivity contribution in [2.24, 2.45) is 0 Å². The summed E-state index contributed by atoms with van der Waals surface area (Å²) in [6.45, 7) is 5.99. The summed E-state index contributed by atoms with van der Waals surface area (Å²) in [5.41, 5.74) is 4.72. The van der Waals surface area contributed by atoms with Crippen molar-refractivity contribution in [2.75, 3.05) is 0 Å². The molecule has 0 atom stereocenters. The largest absolute Gasteiger partial charge is 0.340 e. The SMILES string of the molecule is C#Cc1ccc2c(c1)[nH]c1c2c(=O)c2cc(CC)c(-c3cncc(S(=O)(=O)F)c3)cc2n1C(C)C. The van der Waals surface area contributed by atoms with Gasteiger partial charge in [0.05, 0.1) is 10.9 Å². The van der Waals surface area contributed by atoms with Crippen molar-refractivity contribution in [3.05, 3.63) is 70.1 Å². The van der Waals surface area contributed by atoms with Crippen molar-refractivity contribution < 1.29 is 12.3 Å². The van der Waals surface area contributed by atoms with Crippen molar-refractivity contribution in [3.63, 3.8) is 0 Å². The first-order valence-corrected chi connectivity index (χ1v) is 12.6. The summed E-state index contributed by atoms with van der Waals surface area (Å²) < 4.78 is 38.7. The van der Waals surface area contributed by atoms with Gasteiger partial charge in [0, 0.05) is 45.9 Å². The number of nitrogens with one attached hydrogen (secondary N) is 1. The molecule has 1 N–H and O–H groups in total. The lowest BCUT2D eigenvalue weighted by Crippen LogP contribution is -2.13. The average molecular weight is 488 g/mol. The monoisotopic (exact) mass is 487 g/mol. The predicted octanol–water partition coefficient (Wildman–Crippen LogP) is 5.48. The second kappa shape index (κ2) is 8.07. The smallest absolute Gasteiger partial charge is 0.333 e. The molecule has 0 spiro atoms. The maximum Gasteiger partial charge on any atom is 0.333 e. The lowest BCUT2D eigenvalue weighted by Gasteiger charge is -2.19. The maximum atomic E-state index is 13.8. The number of H-pyrrole nitrogens is 1. The molecule has 0 aliphatic carbocycles. The Morgan fingerprint density at radius 3 is 2.57 bits per heavy atom. The molecule has 0 saturated carbocycles. The lowest BCUT2D eigenvalue weighted by molar-refractivity contribution is 0.551. The molecule has 5 aromatic rings. The van der Waals surface area contributed by atoms with Crippen LogP contribution in [-0.4, -0.2) is 23.0 Å². The summed E-state index contributed by atoms with van der Waals surface area (Å²) in [6, 6.07) is 10.5. The van der Waals surface area contributed by atoms with Gasteiger partial charge in [-0.2, -0.15) is 8.42 Å². The van der Waals surface area contributed by atoms with Crippen molar-refractivity contribution in [1.82, 2.24) is 14.5 Å². The number of rotatable bonds is 4. The van der Waals surface area contributed by atoms with Gasteiger partial charge in [0.15, 0.2) is 5.43 Å². The fourth-order valence-electron chi connectivity index (χ4n) is 4.75. The first-order valence-electron chi connectivity index (χ1n) is 11.2. The molecule has 176 valence electrons. The standard InChI is InChI=1S/C27H22FN3O3S/c1-5-16-7-8-20-23(9-16)30-27-25(20)26(32)22-11-17(6-2)21(12-24(22)31(27)15(3)4)18-10-19(14-29-13-18)35(28,33)34/h1,7-15,30H,6H2,2-4H3. The summed E-state index contributed by atoms with van der Waals surface area (Å²) in [4.78, 5) is 20.6. The Morgan fingerprint density at radius 1 is 1.14 bits per heavy atom. The topological polar surface area (TPSA) is 84.8 Å². The Hall–Kier alpha value is -3.96. The number of aromatic nitrogens is 3. The number of halogens is 1. The van der Waals surface area contributed by atoms with Crippen molar-refractivity contribution in [1.29, 1.82) is 0 Å². The molecule has 5 rings (SSSR count). The Bertz CT molecular complexity index is 1880. The van der Waals surface area contributed by atoms with E-state index in [0.717, 1.165) is 22.7 Å². The van der Waals surface area contributed by atoms with Crippen molar-refractivity contribution in [3.8, 4) is 23.5 Å². The Kier molecular flexibility index (Phi) is 5.26. The molecule has 3 heterocycles. The average Bonchev–Trinajstić information content (AvgIpc) is 3.21. The van der Waals surface area contributed by atoms with Crippen LogP contribution in [0.1, 0.15) is 37.9 Å². The molecular formula is C27H22FN3O3S. The van der Waals surface area contributed by atoms with Gasteiger partial charge in [0.2, 0.25) is 0 Å². The normalized spacial score (nSPS) is 12.1. The van der Waals surface area contributed by atoms with Crippen LogP contribution in [0.15, 0.2) is 58.5 Å². The lowest BCUT2D eigenvalue weighted by atomic mass is 9.95. The number of hydrogen-bond donors (Lipinski definition) is 1. The number of benzene rings is 2. The van der Waals surface area contributed by atoms with E-state index in [-0.39, 0.29) is 11.5 Å². The number of nitrogens with zero attached hydrogens (tertiary/aromatic N) is 2. The number of pyridine rings is 2. The molecule has 2 aromatic carbocycles. The number of hydrogen-bond acceptors (Lipinski definition) is 4. The van der Waals surface area contributed by atoms with Crippen LogP contribution in [-0.2, 0) is 16.6 Å². The van der Waals surface area contributed by atoms with E-state index in [0.29, 0.717) is 45.0 Å². The fourth-order valence-corrected chi connectivity index (χ4v) is 5.20. The molecule has 8 heteroatoms. The van der Waals surface area contributed by atoms with E-state index >= 15 is 0 Å². The summed E-state index contributed by atoms with van der Waals surface area (Å²) in [6.07, 6.45) is 8.62. The van der Waals surface area contributed by atoms with Gasteiger partial charge in [0.1, 0.15) is 10.5 Å². The molecule has 0 unspecified atom stereocenters. The highest BCUT2D eigenvalue weighted by Gasteiger charge is 2.21. The van der Waals surface area contributed by atoms with Crippen LogP contribution in [0.25, 0.3) is 44.0 Å². The van der Waals surface area contributed by atoms with Crippen molar-refractivity contribution >= 4 is 43.1 Å². The number of aromatic amines is 1. The molecule has 0 saturated heterocycles. The number of fused-ring (bicyclic) bond motifs is 4. The van der Waals surface area contributed by atoms with Crippen LogP contribution < -0.4 is 5.43 Å². The Labute approximate surface area is 201 Å². The molecule has 3 aromatic heterocycles. The molecule has 0 aliphatic heterocycles. The molecule has 0 radical (unpaired) electrons. The van der Waals surface area contributed by atoms with Gasteiger partial charge in [-0.25, -0.2) is 0 Å². The molecule has 0 amide bonds. The van der Waals surface area contributed by atoms with Crippen LogP contribution in [0, 0.1) is 12.3 Å². The number of terminal acetylenes is 1. The third kappa shape index (κ3) is 3.60. The highest BCUT2D eigenvalue weighted by molar-refractivity contribution is 7.86. The maximum absolute atomic E-state index is 13.8. The zero-order chi connectivity index (χ0) is 25.1. The van der Waals surface area contributed by atoms with Gasteiger partial charge in [0.25, 0.3) is 0 Å². The molecule has 6 nitrogen and oxygen atoms in total. The fraction of sp³-hybridized carbons (Fsp3) is 0.185. The minimum absolute atomic E-state index is 0.0169. The van der Waals surface area contributed by atoms with Gasteiger partial charge in [-0.15, -0.1) is 10.3 Å². The third-order valence-electron chi connectivity index (χ3n) is 6.34. The van der Waals surface area contributed by atoms with Gasteiger partial charge >= 0.3 is 10.2 Å². The van der Waals surface area contributed by atoms with Crippen LogP contribution >= 0.6 is 0 Å². The minimum atomic E-state index is -4.91. The van der Waals surface area contributed by atoms with Crippen LogP contribution in [0.2, 0.25) is 0 Å². The Morgan fingerprint density at radius 2 is 1.91 bits per heavy atom. The van der Waals surface area contributed by atoms with Crippen molar-refractivity contribution in [2.45, 2.75) is 38.1 Å². The zero-order valence-corrected chi connectivity index (χ0v) is 20.2. The summed E-state index contributed by atoms with van der Waals surface area (Å²) >= 11 is 0. The molecule has 0 fully saturated rings. The molecule has 35 heavy (non-hydrogen) atoms. The van der Waals surface area contributed by atoms with Gasteiger partial charge in [-0.1, -0.05) is 18.9 Å². The quantitative estimate of drug-likeness (QED) is 0.269. The van der Waals surface area contributed by atoms with E-state index in [9.17, 15) is 17.1 Å². The van der Waals surface area contributed by atoms with E-state index in [1.165, 1.54) is 12.3 Å². The van der Waals surface area contributed by atoms with Gasteiger partial charge < -0.3 is 9.55 Å². The molecule has 0 bridgehead atoms. The van der Waals surface area contributed by atoms with E-state index in [1.807, 2.05) is 55.7 Å². The Balaban J connectivity index is 1.93. The van der Waals surface area contributed by atoms with E-state index < -0.39 is 15.1 Å². The summed E-state index contributed by atoms with van der Waals surface area (Å²) in [7, 11) is -4.91.